The van der Waals surface area contributed by atoms with E-state index in [2.05, 4.69) is 194 Å². The van der Waals surface area contributed by atoms with Gasteiger partial charge in [-0.3, -0.25) is 0 Å². The average Bonchev–Trinajstić information content (AvgIpc) is 3.17. The second-order valence-corrected chi connectivity index (χ2v) is 13.8. The normalized spacial score (nSPS) is 13.7. The summed E-state index contributed by atoms with van der Waals surface area (Å²) < 4.78 is 6.70. The molecule has 0 aliphatic carbocycles. The maximum Gasteiger partial charge on any atom is 0.152 e. The van der Waals surface area contributed by atoms with Crippen LogP contribution in [0.5, 0.6) is 11.5 Å². The molecule has 0 radical (unpaired) electrons. The molecular weight excluding hydrogens is 609 g/mol. The van der Waals surface area contributed by atoms with Crippen LogP contribution in [0.3, 0.4) is 0 Å². The van der Waals surface area contributed by atoms with Crippen molar-refractivity contribution in [2.24, 2.45) is 0 Å². The molecule has 0 saturated heterocycles. The summed E-state index contributed by atoms with van der Waals surface area (Å²) in [5, 5.41) is 4.78. The SMILES string of the molecule is CC1(C)c2cccc3c2N(c2cccc(N(c4ccc(-c5ccccc5)cc4)c4cccc5ccccc45)c21)c1c(ccc2ccccc12)O3. The first-order valence-electron chi connectivity index (χ1n) is 17.3. The molecule has 0 fully saturated rings. The van der Waals surface area contributed by atoms with Crippen LogP contribution in [-0.2, 0) is 5.41 Å². The maximum atomic E-state index is 6.70. The predicted octanol–water partition coefficient (Wildman–Crippen LogP) is 13.3. The lowest BCUT2D eigenvalue weighted by Crippen LogP contribution is -2.34. The molecular formula is C47H34N2O. The van der Waals surface area contributed by atoms with Crippen molar-refractivity contribution >= 4 is 55.7 Å². The summed E-state index contributed by atoms with van der Waals surface area (Å²) in [4.78, 5) is 4.94. The van der Waals surface area contributed by atoms with E-state index in [1.807, 2.05) is 0 Å². The minimum absolute atomic E-state index is 0.355. The van der Waals surface area contributed by atoms with Gasteiger partial charge in [-0.25, -0.2) is 0 Å². The van der Waals surface area contributed by atoms with Gasteiger partial charge in [0.05, 0.1) is 28.4 Å². The standard InChI is InChI=1S/C47H34N2O/c1-47(2)38-20-11-24-42-46(38)49(45-37-19-9-7-16-34(37)27-30-43(45)50-42)41-23-12-22-40(44(41)47)48(39-21-10-17-33-15-6-8-18-36(33)39)35-28-25-32(26-29-35)31-13-4-3-5-14-31/h3-30H,1-2H3. The van der Waals surface area contributed by atoms with Crippen molar-refractivity contribution in [2.75, 3.05) is 9.80 Å². The van der Waals surface area contributed by atoms with Gasteiger partial charge < -0.3 is 14.5 Å². The first-order chi connectivity index (χ1) is 24.6. The summed E-state index contributed by atoms with van der Waals surface area (Å²) in [6, 6.07) is 61.2. The Morgan fingerprint density at radius 2 is 1.10 bits per heavy atom. The van der Waals surface area contributed by atoms with Crippen molar-refractivity contribution in [2.45, 2.75) is 19.3 Å². The van der Waals surface area contributed by atoms with Gasteiger partial charge in [-0.15, -0.1) is 0 Å². The molecule has 238 valence electrons. The molecule has 3 heteroatoms. The van der Waals surface area contributed by atoms with Crippen molar-refractivity contribution in [1.82, 2.24) is 0 Å². The first-order valence-corrected chi connectivity index (χ1v) is 17.3. The van der Waals surface area contributed by atoms with Crippen LogP contribution in [0.25, 0.3) is 32.7 Å². The van der Waals surface area contributed by atoms with Crippen LogP contribution in [-0.4, -0.2) is 0 Å². The van der Waals surface area contributed by atoms with Gasteiger partial charge in [-0.1, -0.05) is 141 Å². The second kappa shape index (κ2) is 10.8. The fourth-order valence-corrected chi connectivity index (χ4v) is 8.28. The predicted molar refractivity (Wildman–Crippen MR) is 208 cm³/mol. The molecule has 0 amide bonds. The van der Waals surface area contributed by atoms with Crippen LogP contribution < -0.4 is 14.5 Å². The fraction of sp³-hybridized carbons (Fsp3) is 0.0638. The van der Waals surface area contributed by atoms with Gasteiger partial charge in [0.15, 0.2) is 11.5 Å². The minimum Gasteiger partial charge on any atom is -0.453 e. The van der Waals surface area contributed by atoms with Gasteiger partial charge in [0.1, 0.15) is 0 Å². The van der Waals surface area contributed by atoms with Gasteiger partial charge in [0.25, 0.3) is 0 Å². The molecule has 50 heavy (non-hydrogen) atoms. The fourth-order valence-electron chi connectivity index (χ4n) is 8.28. The summed E-state index contributed by atoms with van der Waals surface area (Å²) in [5.41, 5.74) is 11.3. The second-order valence-electron chi connectivity index (χ2n) is 13.8. The Bertz CT molecular complexity index is 2600. The first kappa shape index (κ1) is 28.7. The molecule has 0 saturated carbocycles. The Balaban J connectivity index is 1.27. The number of fused-ring (bicyclic) bond motifs is 7. The molecule has 0 spiro atoms. The quantitative estimate of drug-likeness (QED) is 0.190. The van der Waals surface area contributed by atoms with Gasteiger partial charge in [-0.05, 0) is 69.9 Å². The van der Waals surface area contributed by atoms with E-state index in [1.54, 1.807) is 0 Å². The topological polar surface area (TPSA) is 15.7 Å². The molecule has 2 heterocycles. The van der Waals surface area contributed by atoms with E-state index >= 15 is 0 Å². The third kappa shape index (κ3) is 4.17. The molecule has 3 nitrogen and oxygen atoms in total. The van der Waals surface area contributed by atoms with Crippen molar-refractivity contribution in [3.05, 3.63) is 181 Å². The van der Waals surface area contributed by atoms with E-state index in [-0.39, 0.29) is 5.41 Å². The Morgan fingerprint density at radius 3 is 1.92 bits per heavy atom. The van der Waals surface area contributed by atoms with Crippen LogP contribution in [0.2, 0.25) is 0 Å². The largest absolute Gasteiger partial charge is 0.453 e. The van der Waals surface area contributed by atoms with Gasteiger partial charge in [-0.2, -0.15) is 0 Å². The Labute approximate surface area is 292 Å². The number of benzene rings is 8. The Kier molecular flexibility index (Phi) is 6.22. The van der Waals surface area contributed by atoms with E-state index < -0.39 is 0 Å². The monoisotopic (exact) mass is 642 g/mol. The van der Waals surface area contributed by atoms with Crippen LogP contribution in [0.1, 0.15) is 25.0 Å². The van der Waals surface area contributed by atoms with E-state index in [0.29, 0.717) is 0 Å². The molecule has 10 rings (SSSR count). The number of para-hydroxylation sites is 1. The lowest BCUT2D eigenvalue weighted by Gasteiger charge is -2.47. The summed E-state index contributed by atoms with van der Waals surface area (Å²) in [6.07, 6.45) is 0. The number of hydrogen-bond donors (Lipinski definition) is 0. The molecule has 0 bridgehead atoms. The van der Waals surface area contributed by atoms with E-state index in [0.717, 1.165) is 39.9 Å². The van der Waals surface area contributed by atoms with Gasteiger partial charge in [0.2, 0.25) is 0 Å². The zero-order valence-electron chi connectivity index (χ0n) is 28.0. The minimum atomic E-state index is -0.355. The van der Waals surface area contributed by atoms with Crippen LogP contribution in [0.15, 0.2) is 170 Å². The number of hydrogen-bond acceptors (Lipinski definition) is 3. The highest BCUT2D eigenvalue weighted by Gasteiger charge is 2.44. The summed E-state index contributed by atoms with van der Waals surface area (Å²) in [7, 11) is 0. The highest BCUT2D eigenvalue weighted by molar-refractivity contribution is 6.07. The summed E-state index contributed by atoms with van der Waals surface area (Å²) in [6.45, 7) is 4.72. The maximum absolute atomic E-state index is 6.70. The van der Waals surface area contributed by atoms with Crippen molar-refractivity contribution in [1.29, 1.82) is 0 Å². The third-order valence-corrected chi connectivity index (χ3v) is 10.6. The van der Waals surface area contributed by atoms with Crippen molar-refractivity contribution < 1.29 is 4.74 Å². The van der Waals surface area contributed by atoms with E-state index in [1.165, 1.54) is 49.5 Å². The van der Waals surface area contributed by atoms with Gasteiger partial charge >= 0.3 is 0 Å². The molecule has 0 atom stereocenters. The van der Waals surface area contributed by atoms with Crippen molar-refractivity contribution in [3.63, 3.8) is 0 Å². The summed E-state index contributed by atoms with van der Waals surface area (Å²) >= 11 is 0. The lowest BCUT2D eigenvalue weighted by molar-refractivity contribution is 0.472. The lowest BCUT2D eigenvalue weighted by atomic mass is 9.72. The highest BCUT2D eigenvalue weighted by Crippen LogP contribution is 2.63. The molecule has 8 aromatic carbocycles. The summed E-state index contributed by atoms with van der Waals surface area (Å²) in [5.74, 6) is 1.75. The average molecular weight is 643 g/mol. The molecule has 8 aromatic rings. The molecule has 0 N–H and O–H groups in total. The molecule has 2 aliphatic rings. The van der Waals surface area contributed by atoms with Gasteiger partial charge in [0, 0.05) is 27.4 Å². The molecule has 0 aromatic heterocycles. The van der Waals surface area contributed by atoms with E-state index in [9.17, 15) is 0 Å². The molecule has 0 unspecified atom stereocenters. The number of nitrogens with zero attached hydrogens (tertiary/aromatic N) is 2. The smallest absolute Gasteiger partial charge is 0.152 e. The Morgan fingerprint density at radius 1 is 0.480 bits per heavy atom. The number of rotatable bonds is 4. The number of ether oxygens (including phenoxy) is 1. The van der Waals surface area contributed by atoms with Crippen LogP contribution in [0, 0.1) is 0 Å². The highest BCUT2D eigenvalue weighted by atomic mass is 16.5. The Hall–Kier alpha value is -6.32. The van der Waals surface area contributed by atoms with Crippen LogP contribution >= 0.6 is 0 Å². The van der Waals surface area contributed by atoms with Crippen LogP contribution in [0.4, 0.5) is 34.1 Å². The third-order valence-electron chi connectivity index (χ3n) is 10.6. The zero-order valence-corrected chi connectivity index (χ0v) is 28.0. The van der Waals surface area contributed by atoms with Crippen molar-refractivity contribution in [3.8, 4) is 22.6 Å². The molecule has 2 aliphatic heterocycles. The number of anilines is 6. The van der Waals surface area contributed by atoms with E-state index in [4.69, 9.17) is 4.74 Å². The zero-order chi connectivity index (χ0) is 33.4.